The van der Waals surface area contributed by atoms with E-state index < -0.39 is 0 Å². The normalized spacial score (nSPS) is 17.9. The molecule has 2 aromatic rings. The molecule has 3 rings (SSSR count). The minimum absolute atomic E-state index is 0.329. The van der Waals surface area contributed by atoms with Crippen molar-refractivity contribution in [2.75, 3.05) is 0 Å². The maximum absolute atomic E-state index is 4.10. The Kier molecular flexibility index (Phi) is 3.62. The number of nitrogens with zero attached hydrogens (tertiary/aromatic N) is 2. The van der Waals surface area contributed by atoms with Crippen molar-refractivity contribution < 1.29 is 0 Å². The summed E-state index contributed by atoms with van der Waals surface area (Å²) in [6, 6.07) is 9.41. The molecule has 0 spiro atoms. The molecule has 0 saturated heterocycles. The summed E-state index contributed by atoms with van der Waals surface area (Å²) in [5.41, 5.74) is 3.10. The Morgan fingerprint density at radius 2 is 2.05 bits per heavy atom. The summed E-state index contributed by atoms with van der Waals surface area (Å²) >= 11 is 0. The molecule has 0 bridgehead atoms. The van der Waals surface area contributed by atoms with Gasteiger partial charge in [-0.2, -0.15) is 0 Å². The first-order valence-electron chi connectivity index (χ1n) is 7.44. The number of rotatable bonds is 6. The molecule has 0 radical (unpaired) electrons. The molecule has 106 valence electrons. The molecule has 1 N–H and O–H groups in total. The van der Waals surface area contributed by atoms with Crippen molar-refractivity contribution in [2.45, 2.75) is 51.2 Å². The van der Waals surface area contributed by atoms with E-state index in [1.54, 1.807) is 0 Å². The van der Waals surface area contributed by atoms with Gasteiger partial charge in [0.05, 0.1) is 6.33 Å². The van der Waals surface area contributed by atoms with Gasteiger partial charge in [-0.05, 0) is 38.7 Å². The molecule has 1 aromatic carbocycles. The molecule has 3 nitrogen and oxygen atoms in total. The summed E-state index contributed by atoms with van der Waals surface area (Å²) in [5.74, 6) is 0. The predicted octanol–water partition coefficient (Wildman–Crippen LogP) is 2.94. The van der Waals surface area contributed by atoms with Crippen LogP contribution in [0, 0.1) is 6.92 Å². The van der Waals surface area contributed by atoms with Gasteiger partial charge in [-0.15, -0.1) is 0 Å². The van der Waals surface area contributed by atoms with Crippen LogP contribution in [0.5, 0.6) is 0 Å². The zero-order valence-electron chi connectivity index (χ0n) is 12.3. The van der Waals surface area contributed by atoms with Crippen molar-refractivity contribution in [3.8, 4) is 0 Å². The monoisotopic (exact) mass is 269 g/mol. The zero-order chi connectivity index (χ0) is 14.0. The van der Waals surface area contributed by atoms with Gasteiger partial charge in [-0.1, -0.05) is 29.8 Å². The Balaban J connectivity index is 1.57. The third-order valence-electron chi connectivity index (χ3n) is 4.11. The number of nitrogens with one attached hydrogen (secondary N) is 1. The lowest BCUT2D eigenvalue weighted by molar-refractivity contribution is 0.391. The molecule has 1 saturated carbocycles. The summed E-state index contributed by atoms with van der Waals surface area (Å²) in [7, 11) is 0. The van der Waals surface area contributed by atoms with Gasteiger partial charge < -0.3 is 9.88 Å². The molecule has 1 aliphatic rings. The van der Waals surface area contributed by atoms with Gasteiger partial charge in [0.2, 0.25) is 0 Å². The third kappa shape index (κ3) is 3.28. The van der Waals surface area contributed by atoms with Crippen LogP contribution in [-0.4, -0.2) is 21.1 Å². The summed E-state index contributed by atoms with van der Waals surface area (Å²) in [5, 5.41) is 3.82. The molecule has 0 amide bonds. The van der Waals surface area contributed by atoms with Gasteiger partial charge >= 0.3 is 0 Å². The molecule has 3 heteroatoms. The molecule has 1 fully saturated rings. The molecule has 20 heavy (non-hydrogen) atoms. The number of hydrogen-bond acceptors (Lipinski definition) is 2. The van der Waals surface area contributed by atoms with Gasteiger partial charge in [0.15, 0.2) is 0 Å². The van der Waals surface area contributed by atoms with Crippen LogP contribution in [0.2, 0.25) is 0 Å². The van der Waals surface area contributed by atoms with Crippen LogP contribution < -0.4 is 5.32 Å². The fourth-order valence-corrected chi connectivity index (χ4v) is 2.90. The van der Waals surface area contributed by atoms with Crippen molar-refractivity contribution in [1.29, 1.82) is 0 Å². The number of aromatic nitrogens is 2. The standard InChI is InChI=1S/C17H23N3/c1-14-3-5-16(6-4-14)11-17(7-8-17)19-15(2)12-20-10-9-18-13-20/h3-6,9-10,13,15,19H,7-8,11-12H2,1-2H3/t15-/m1/s1. The van der Waals surface area contributed by atoms with E-state index in [0.29, 0.717) is 11.6 Å². The number of hydrogen-bond donors (Lipinski definition) is 1. The fourth-order valence-electron chi connectivity index (χ4n) is 2.90. The van der Waals surface area contributed by atoms with Gasteiger partial charge in [0, 0.05) is 30.5 Å². The number of imidazole rings is 1. The molecule has 0 unspecified atom stereocenters. The van der Waals surface area contributed by atoms with Crippen molar-refractivity contribution in [3.63, 3.8) is 0 Å². The quantitative estimate of drug-likeness (QED) is 0.874. The highest BCUT2D eigenvalue weighted by atomic mass is 15.1. The first kappa shape index (κ1) is 13.4. The van der Waals surface area contributed by atoms with E-state index in [-0.39, 0.29) is 0 Å². The lowest BCUT2D eigenvalue weighted by Gasteiger charge is -2.23. The second-order valence-electron chi connectivity index (χ2n) is 6.25. The van der Waals surface area contributed by atoms with Crippen LogP contribution in [0.4, 0.5) is 0 Å². The number of benzene rings is 1. The highest BCUT2D eigenvalue weighted by molar-refractivity contribution is 5.25. The van der Waals surface area contributed by atoms with E-state index in [0.717, 1.165) is 13.0 Å². The second-order valence-corrected chi connectivity index (χ2v) is 6.25. The van der Waals surface area contributed by atoms with Crippen molar-refractivity contribution >= 4 is 0 Å². The van der Waals surface area contributed by atoms with E-state index in [1.807, 2.05) is 18.7 Å². The fraction of sp³-hybridized carbons (Fsp3) is 0.471. The topological polar surface area (TPSA) is 29.9 Å². The second kappa shape index (κ2) is 5.41. The molecule has 1 atom stereocenters. The first-order chi connectivity index (χ1) is 9.65. The molecule has 1 aromatic heterocycles. The SMILES string of the molecule is Cc1ccc(CC2(N[C@H](C)Cn3ccnc3)CC2)cc1. The first-order valence-corrected chi connectivity index (χ1v) is 7.44. The average Bonchev–Trinajstić information content (AvgIpc) is 2.96. The van der Waals surface area contributed by atoms with Gasteiger partial charge in [-0.3, -0.25) is 0 Å². The third-order valence-corrected chi connectivity index (χ3v) is 4.11. The van der Waals surface area contributed by atoms with Crippen molar-refractivity contribution in [2.24, 2.45) is 0 Å². The Hall–Kier alpha value is -1.61. The van der Waals surface area contributed by atoms with Crippen LogP contribution in [0.1, 0.15) is 30.9 Å². The van der Waals surface area contributed by atoms with Crippen LogP contribution in [0.3, 0.4) is 0 Å². The smallest absolute Gasteiger partial charge is 0.0946 e. The Morgan fingerprint density at radius 1 is 1.30 bits per heavy atom. The summed E-state index contributed by atoms with van der Waals surface area (Å²) in [4.78, 5) is 4.10. The summed E-state index contributed by atoms with van der Waals surface area (Å²) in [6.45, 7) is 5.38. The van der Waals surface area contributed by atoms with Crippen LogP contribution >= 0.6 is 0 Å². The minimum Gasteiger partial charge on any atom is -0.336 e. The van der Waals surface area contributed by atoms with Gasteiger partial charge in [0.25, 0.3) is 0 Å². The minimum atomic E-state index is 0.329. The van der Waals surface area contributed by atoms with Crippen LogP contribution in [0.15, 0.2) is 43.0 Å². The molecule has 1 aliphatic carbocycles. The molecule has 0 aliphatic heterocycles. The van der Waals surface area contributed by atoms with Crippen molar-refractivity contribution in [3.05, 3.63) is 54.1 Å². The van der Waals surface area contributed by atoms with Crippen LogP contribution in [-0.2, 0) is 13.0 Å². The largest absolute Gasteiger partial charge is 0.336 e. The number of aryl methyl sites for hydroxylation is 1. The Bertz CT molecular complexity index is 538. The molecular formula is C17H23N3. The van der Waals surface area contributed by atoms with E-state index >= 15 is 0 Å². The maximum Gasteiger partial charge on any atom is 0.0946 e. The maximum atomic E-state index is 4.10. The van der Waals surface area contributed by atoms with Gasteiger partial charge in [-0.25, -0.2) is 4.98 Å². The summed E-state index contributed by atoms with van der Waals surface area (Å²) in [6.07, 6.45) is 9.47. The predicted molar refractivity (Wildman–Crippen MR) is 81.7 cm³/mol. The molecular weight excluding hydrogens is 246 g/mol. The zero-order valence-corrected chi connectivity index (χ0v) is 12.3. The van der Waals surface area contributed by atoms with Gasteiger partial charge in [0.1, 0.15) is 0 Å². The Morgan fingerprint density at radius 3 is 2.65 bits per heavy atom. The average molecular weight is 269 g/mol. The van der Waals surface area contributed by atoms with E-state index in [2.05, 4.69) is 53.0 Å². The highest BCUT2D eigenvalue weighted by Crippen LogP contribution is 2.39. The Labute approximate surface area is 121 Å². The van der Waals surface area contributed by atoms with E-state index in [1.165, 1.54) is 24.0 Å². The lowest BCUT2D eigenvalue weighted by Crippen LogP contribution is -2.42. The van der Waals surface area contributed by atoms with E-state index in [9.17, 15) is 0 Å². The van der Waals surface area contributed by atoms with Crippen LogP contribution in [0.25, 0.3) is 0 Å². The van der Waals surface area contributed by atoms with E-state index in [4.69, 9.17) is 0 Å². The highest BCUT2D eigenvalue weighted by Gasteiger charge is 2.43. The lowest BCUT2D eigenvalue weighted by atomic mass is 10.0. The molecule has 1 heterocycles. The van der Waals surface area contributed by atoms with Crippen molar-refractivity contribution in [1.82, 2.24) is 14.9 Å². The summed E-state index contributed by atoms with van der Waals surface area (Å²) < 4.78 is 2.14.